The Morgan fingerprint density at radius 3 is 2.00 bits per heavy atom. The lowest BCUT2D eigenvalue weighted by Crippen LogP contribution is -2.40. The van der Waals surface area contributed by atoms with E-state index in [0.29, 0.717) is 0 Å². The first-order valence-corrected chi connectivity index (χ1v) is 13.4. The predicted octanol–water partition coefficient (Wildman–Crippen LogP) is 7.48. The summed E-state index contributed by atoms with van der Waals surface area (Å²) in [7, 11) is 0. The molecule has 0 saturated heterocycles. The molecule has 2 unspecified atom stereocenters. The van der Waals surface area contributed by atoms with Crippen molar-refractivity contribution in [3.05, 3.63) is 0 Å². The van der Waals surface area contributed by atoms with Crippen molar-refractivity contribution in [2.75, 3.05) is 0 Å². The summed E-state index contributed by atoms with van der Waals surface area (Å²) in [5.74, 6) is 0.821. The van der Waals surface area contributed by atoms with Crippen molar-refractivity contribution < 1.29 is 18.3 Å². The van der Waals surface area contributed by atoms with Crippen LogP contribution in [-0.2, 0) is 9.53 Å². The van der Waals surface area contributed by atoms with Gasteiger partial charge >= 0.3 is 5.97 Å². The van der Waals surface area contributed by atoms with E-state index in [1.54, 1.807) is 6.07 Å². The topological polar surface area (TPSA) is 50.1 Å². The number of hydrogen-bond acceptors (Lipinski definition) is 3. The molecular formula is C27H43F2NO2. The maximum absolute atomic E-state index is 14.0. The first-order chi connectivity index (χ1) is 15.5. The van der Waals surface area contributed by atoms with Gasteiger partial charge in [0.1, 0.15) is 24.4 Å². The van der Waals surface area contributed by atoms with Gasteiger partial charge in [0.25, 0.3) is 0 Å². The van der Waals surface area contributed by atoms with E-state index in [1.807, 2.05) is 0 Å². The second-order valence-electron chi connectivity index (χ2n) is 10.8. The van der Waals surface area contributed by atoms with Gasteiger partial charge < -0.3 is 4.74 Å². The van der Waals surface area contributed by atoms with Crippen LogP contribution in [0.2, 0.25) is 0 Å². The Morgan fingerprint density at radius 1 is 0.875 bits per heavy atom. The summed E-state index contributed by atoms with van der Waals surface area (Å²) < 4.78 is 33.5. The Kier molecular flexibility index (Phi) is 10.3. The average molecular weight is 452 g/mol. The van der Waals surface area contributed by atoms with Crippen molar-refractivity contribution >= 4 is 5.97 Å². The van der Waals surface area contributed by atoms with E-state index in [0.717, 1.165) is 43.4 Å². The van der Waals surface area contributed by atoms with E-state index in [4.69, 9.17) is 10.00 Å². The van der Waals surface area contributed by atoms with E-state index >= 15 is 0 Å². The number of nitrogens with zero attached hydrogens (tertiary/aromatic N) is 1. The third-order valence-electron chi connectivity index (χ3n) is 8.57. The van der Waals surface area contributed by atoms with Crippen LogP contribution in [-0.4, -0.2) is 24.4 Å². The van der Waals surface area contributed by atoms with Crippen LogP contribution < -0.4 is 0 Å². The number of halogens is 2. The quantitative estimate of drug-likeness (QED) is 0.270. The fraction of sp³-hybridized carbons (Fsp3) is 0.926. The van der Waals surface area contributed by atoms with Crippen molar-refractivity contribution in [1.82, 2.24) is 0 Å². The summed E-state index contributed by atoms with van der Waals surface area (Å²) >= 11 is 0. The van der Waals surface area contributed by atoms with Crippen molar-refractivity contribution in [1.29, 1.82) is 5.26 Å². The number of rotatable bonds is 9. The zero-order chi connectivity index (χ0) is 22.9. The number of ether oxygens (including phenoxy) is 1. The summed E-state index contributed by atoms with van der Waals surface area (Å²) in [6, 6.07) is 1.71. The minimum atomic E-state index is -1.55. The summed E-state index contributed by atoms with van der Waals surface area (Å²) in [5, 5.41) is 8.88. The lowest BCUT2D eigenvalue weighted by atomic mass is 9.68. The van der Waals surface area contributed by atoms with Gasteiger partial charge in [-0.3, -0.25) is 4.79 Å². The van der Waals surface area contributed by atoms with E-state index < -0.39 is 24.4 Å². The molecule has 0 heterocycles. The highest BCUT2D eigenvalue weighted by molar-refractivity contribution is 5.72. The number of esters is 1. The van der Waals surface area contributed by atoms with E-state index in [2.05, 4.69) is 6.92 Å². The van der Waals surface area contributed by atoms with E-state index in [9.17, 15) is 13.6 Å². The number of carbonyl (C=O) groups excluding carboxylic acids is 1. The van der Waals surface area contributed by atoms with Gasteiger partial charge in [-0.05, 0) is 56.3 Å². The molecule has 0 aliphatic heterocycles. The smallest absolute Gasteiger partial charge is 0.309 e. The highest BCUT2D eigenvalue weighted by Gasteiger charge is 2.41. The zero-order valence-corrected chi connectivity index (χ0v) is 20.0. The minimum Gasteiger partial charge on any atom is -0.462 e. The molecule has 3 rings (SSSR count). The van der Waals surface area contributed by atoms with Crippen molar-refractivity contribution in [3.63, 3.8) is 0 Å². The molecule has 3 aliphatic carbocycles. The molecule has 3 fully saturated rings. The summed E-state index contributed by atoms with van der Waals surface area (Å²) in [6.45, 7) is 2.27. The van der Waals surface area contributed by atoms with Gasteiger partial charge in [0.05, 0.1) is 12.0 Å². The van der Waals surface area contributed by atoms with Gasteiger partial charge in [-0.15, -0.1) is 0 Å². The first-order valence-electron chi connectivity index (χ1n) is 13.4. The molecule has 0 aromatic rings. The number of carbonyl (C=O) groups is 1. The molecule has 0 amide bonds. The molecule has 182 valence electrons. The Morgan fingerprint density at radius 2 is 1.44 bits per heavy atom. The molecule has 0 radical (unpaired) electrons. The van der Waals surface area contributed by atoms with E-state index in [1.165, 1.54) is 64.2 Å². The monoisotopic (exact) mass is 451 g/mol. The standard InChI is InChI=1S/C27H43F2NO2/c1-2-3-4-5-6-7-19-8-10-20(11-9-19)21-12-14-22(15-13-21)27(31)32-23-16-25(28)24(18-30)26(29)17-23/h19-26H,2-17H2,1H3. The number of nitriles is 1. The van der Waals surface area contributed by atoms with Gasteiger partial charge in [0.2, 0.25) is 0 Å². The van der Waals surface area contributed by atoms with Crippen molar-refractivity contribution in [3.8, 4) is 6.07 Å². The van der Waals surface area contributed by atoms with Gasteiger partial charge in [0.15, 0.2) is 0 Å². The number of alkyl halides is 2. The van der Waals surface area contributed by atoms with Crippen LogP contribution in [0.15, 0.2) is 0 Å². The molecule has 3 nitrogen and oxygen atoms in total. The molecule has 0 spiro atoms. The fourth-order valence-electron chi connectivity index (χ4n) is 6.45. The molecule has 3 saturated carbocycles. The van der Waals surface area contributed by atoms with Gasteiger partial charge in [-0.1, -0.05) is 58.3 Å². The molecule has 0 bridgehead atoms. The van der Waals surface area contributed by atoms with Gasteiger partial charge in [0, 0.05) is 12.8 Å². The van der Waals surface area contributed by atoms with Gasteiger partial charge in [-0.25, -0.2) is 8.78 Å². The van der Waals surface area contributed by atoms with Crippen LogP contribution >= 0.6 is 0 Å². The zero-order valence-electron chi connectivity index (χ0n) is 20.0. The maximum atomic E-state index is 14.0. The third kappa shape index (κ3) is 7.16. The third-order valence-corrected chi connectivity index (χ3v) is 8.57. The average Bonchev–Trinajstić information content (AvgIpc) is 2.79. The predicted molar refractivity (Wildman–Crippen MR) is 122 cm³/mol. The molecular weight excluding hydrogens is 408 g/mol. The molecule has 0 N–H and O–H groups in total. The summed E-state index contributed by atoms with van der Waals surface area (Å²) in [5.41, 5.74) is 0. The molecule has 0 aromatic heterocycles. The first kappa shape index (κ1) is 25.4. The number of unbranched alkanes of at least 4 members (excludes halogenated alkanes) is 4. The maximum Gasteiger partial charge on any atom is 0.309 e. The summed E-state index contributed by atoms with van der Waals surface area (Å²) in [4.78, 5) is 12.6. The normalized spacial score (nSPS) is 38.1. The second kappa shape index (κ2) is 12.9. The van der Waals surface area contributed by atoms with E-state index in [-0.39, 0.29) is 24.7 Å². The Hall–Kier alpha value is -1.18. The highest BCUT2D eigenvalue weighted by atomic mass is 19.1. The van der Waals surface area contributed by atoms with Crippen LogP contribution in [0.4, 0.5) is 8.78 Å². The van der Waals surface area contributed by atoms with Crippen LogP contribution in [0.3, 0.4) is 0 Å². The van der Waals surface area contributed by atoms with Crippen LogP contribution in [0.25, 0.3) is 0 Å². The van der Waals surface area contributed by atoms with Crippen LogP contribution in [0.5, 0.6) is 0 Å². The number of hydrogen-bond donors (Lipinski definition) is 0. The lowest BCUT2D eigenvalue weighted by Gasteiger charge is -2.38. The van der Waals surface area contributed by atoms with Crippen LogP contribution in [0.1, 0.15) is 110 Å². The Labute approximate surface area is 193 Å². The SMILES string of the molecule is CCCCCCCC1CCC(C2CCC(C(=O)OC3CC(F)C(C#N)C(F)C3)CC2)CC1. The minimum absolute atomic E-state index is 0.0540. The molecule has 3 aliphatic rings. The van der Waals surface area contributed by atoms with Crippen molar-refractivity contribution in [2.24, 2.45) is 29.6 Å². The molecule has 5 heteroatoms. The van der Waals surface area contributed by atoms with Crippen LogP contribution in [0, 0.1) is 40.9 Å². The van der Waals surface area contributed by atoms with Gasteiger partial charge in [-0.2, -0.15) is 5.26 Å². The molecule has 32 heavy (non-hydrogen) atoms. The Balaban J connectivity index is 1.32. The summed E-state index contributed by atoms with van der Waals surface area (Å²) in [6.07, 6.45) is 13.6. The second-order valence-corrected chi connectivity index (χ2v) is 10.8. The lowest BCUT2D eigenvalue weighted by molar-refractivity contribution is -0.160. The fourth-order valence-corrected chi connectivity index (χ4v) is 6.45. The van der Waals surface area contributed by atoms with Crippen molar-refractivity contribution in [2.45, 2.75) is 128 Å². The molecule has 2 atom stereocenters. The highest BCUT2D eigenvalue weighted by Crippen LogP contribution is 2.43. The largest absolute Gasteiger partial charge is 0.462 e. The Bertz CT molecular complexity index is 593. The molecule has 0 aromatic carbocycles.